The lowest BCUT2D eigenvalue weighted by molar-refractivity contribution is -0.121. The number of aliphatic hydroxyl groups is 2. The van der Waals surface area contributed by atoms with Crippen molar-refractivity contribution in [3.8, 4) is 5.88 Å². The molecule has 3 fully saturated rings. The Morgan fingerprint density at radius 2 is 1.07 bits per heavy atom. The molecule has 25 heteroatoms. The summed E-state index contributed by atoms with van der Waals surface area (Å²) in [5.74, 6) is -3.36. The van der Waals surface area contributed by atoms with Crippen LogP contribution in [0.25, 0.3) is 0 Å². The van der Waals surface area contributed by atoms with Crippen molar-refractivity contribution in [2.75, 3.05) is 96.9 Å². The van der Waals surface area contributed by atoms with E-state index in [2.05, 4.69) is 41.2 Å². The number of hydrogen-bond donors (Lipinski definition) is 2. The third-order valence-corrected chi connectivity index (χ3v) is 10.2. The van der Waals surface area contributed by atoms with E-state index in [1.807, 2.05) is 4.90 Å². The van der Waals surface area contributed by atoms with Crippen LogP contribution in [0.2, 0.25) is 20.6 Å². The van der Waals surface area contributed by atoms with Gasteiger partial charge in [-0.05, 0) is 73.7 Å². The van der Waals surface area contributed by atoms with Crippen molar-refractivity contribution in [1.29, 1.82) is 0 Å². The van der Waals surface area contributed by atoms with Crippen LogP contribution >= 0.6 is 46.4 Å². The van der Waals surface area contributed by atoms with E-state index in [1.165, 1.54) is 26.4 Å². The van der Waals surface area contributed by atoms with Crippen LogP contribution in [0, 0.1) is 17.6 Å². The van der Waals surface area contributed by atoms with Crippen molar-refractivity contribution >= 4 is 82.2 Å². The second-order valence-electron chi connectivity index (χ2n) is 14.6. The fourth-order valence-electron chi connectivity index (χ4n) is 6.14. The molecule has 2 N–H and O–H groups in total. The number of nitrogens with zero attached hydrogens (tertiary/aromatic N) is 6. The average molecular weight is 1050 g/mol. The Kier molecular flexibility index (Phi) is 26.3. The second-order valence-corrected chi connectivity index (χ2v) is 16.2. The number of esters is 3. The van der Waals surface area contributed by atoms with Gasteiger partial charge in [0.2, 0.25) is 0 Å². The standard InChI is InChI=1S/C13H17ClN2O3.C12H15ClN2O4.C7H5ClFNO2.C6H3ClFNO2.C6H12O2/c1-9-7-16(5-6-19-8-9)10-3-4-11(14)15-12(10)13(17)18-2;1-18-12(17)11-9(2-3-10(13)14-11)15-4-5-19-7-8(16)6-15;1-12-7(11)6-4(9)2-3-5(8)10-6;7-5-2-1-4(8)6(9-5)11-3-10;7-6-3-1-2-4-8-5-6/h3-4,9H,5-8H2,1-2H3;2-3,8,16H,4-7H2,1H3;2-3H,1H3;1-3H;6-7H,1-5H2. The molecule has 3 aliphatic rings. The van der Waals surface area contributed by atoms with Crippen LogP contribution in [0.1, 0.15) is 57.7 Å². The molecule has 3 atom stereocenters. The van der Waals surface area contributed by atoms with Crippen molar-refractivity contribution in [3.05, 3.63) is 97.9 Å². The highest BCUT2D eigenvalue weighted by Gasteiger charge is 2.25. The highest BCUT2D eigenvalue weighted by molar-refractivity contribution is 6.30. The Morgan fingerprint density at radius 1 is 0.623 bits per heavy atom. The van der Waals surface area contributed by atoms with E-state index in [0.717, 1.165) is 70.5 Å². The lowest BCUT2D eigenvalue weighted by atomic mass is 10.1. The van der Waals surface area contributed by atoms with E-state index in [1.54, 1.807) is 24.3 Å². The van der Waals surface area contributed by atoms with Gasteiger partial charge >= 0.3 is 17.9 Å². The number of anilines is 2. The van der Waals surface area contributed by atoms with Gasteiger partial charge in [-0.15, -0.1) is 0 Å². The molecule has 0 amide bonds. The summed E-state index contributed by atoms with van der Waals surface area (Å²) in [7, 11) is 3.77. The van der Waals surface area contributed by atoms with Crippen molar-refractivity contribution in [1.82, 2.24) is 19.9 Å². The Labute approximate surface area is 416 Å². The number of hydrogen-bond acceptors (Lipinski definition) is 19. The summed E-state index contributed by atoms with van der Waals surface area (Å²) in [6, 6.07) is 11.4. The normalized spacial score (nSPS) is 17.8. The van der Waals surface area contributed by atoms with Gasteiger partial charge in [0.05, 0.1) is 77.9 Å². The fourth-order valence-corrected chi connectivity index (χ4v) is 6.73. The predicted octanol–water partition coefficient (Wildman–Crippen LogP) is 6.33. The quantitative estimate of drug-likeness (QED) is 0.0891. The molecule has 7 heterocycles. The minimum Gasteiger partial charge on any atom is -0.464 e. The van der Waals surface area contributed by atoms with E-state index in [9.17, 15) is 33.1 Å². The van der Waals surface area contributed by atoms with Crippen molar-refractivity contribution in [3.63, 3.8) is 0 Å². The maximum Gasteiger partial charge on any atom is 0.359 e. The van der Waals surface area contributed by atoms with Crippen LogP contribution in [-0.2, 0) is 33.2 Å². The van der Waals surface area contributed by atoms with E-state index < -0.39 is 47.2 Å². The van der Waals surface area contributed by atoms with Gasteiger partial charge in [0, 0.05) is 32.8 Å². The molecule has 0 bridgehead atoms. The third kappa shape index (κ3) is 20.4. The number of β-amino-alcohol motifs (C(OH)–C–C–N with tert-alkyl or cyclic N) is 1. The molecule has 4 aromatic heterocycles. The van der Waals surface area contributed by atoms with Crippen LogP contribution < -0.4 is 14.5 Å². The molecule has 0 spiro atoms. The summed E-state index contributed by atoms with van der Waals surface area (Å²) in [4.78, 5) is 63.0. The molecule has 19 nitrogen and oxygen atoms in total. The zero-order valence-electron chi connectivity index (χ0n) is 38.0. The van der Waals surface area contributed by atoms with Crippen LogP contribution in [0.4, 0.5) is 20.2 Å². The van der Waals surface area contributed by atoms with E-state index in [0.29, 0.717) is 44.5 Å². The van der Waals surface area contributed by atoms with Gasteiger partial charge in [-0.2, -0.15) is 4.98 Å². The van der Waals surface area contributed by atoms with Crippen LogP contribution in [0.5, 0.6) is 5.88 Å². The Balaban J connectivity index is 0.000000236. The van der Waals surface area contributed by atoms with Gasteiger partial charge in [0.15, 0.2) is 28.7 Å². The smallest absolute Gasteiger partial charge is 0.359 e. The molecule has 3 unspecified atom stereocenters. The van der Waals surface area contributed by atoms with Gasteiger partial charge in [0.1, 0.15) is 20.6 Å². The summed E-state index contributed by atoms with van der Waals surface area (Å²) in [6.45, 7) is 8.14. The Bertz CT molecular complexity index is 2180. The van der Waals surface area contributed by atoms with E-state index in [4.69, 9.17) is 75.2 Å². The molecule has 3 saturated heterocycles. The number of aliphatic hydroxyl groups excluding tert-OH is 2. The average Bonchev–Trinajstić information content (AvgIpc) is 3.83. The van der Waals surface area contributed by atoms with Crippen molar-refractivity contribution in [2.45, 2.75) is 38.4 Å². The SMILES string of the molecule is COC(=O)c1nc(Cl)ccc1F.COC(=O)c1nc(Cl)ccc1N1CCOCC(C)C1.COC(=O)c1nc(Cl)ccc1N1CCOCC(O)C1.O=COc1nc(Cl)ccc1F.OC1CCCCOC1. The van der Waals surface area contributed by atoms with Gasteiger partial charge < -0.3 is 53.2 Å². The number of carbonyl (C=O) groups excluding carboxylic acids is 4. The summed E-state index contributed by atoms with van der Waals surface area (Å²) in [5, 5.41) is 19.3. The molecule has 0 saturated carbocycles. The largest absolute Gasteiger partial charge is 0.464 e. The van der Waals surface area contributed by atoms with Crippen LogP contribution in [0.3, 0.4) is 0 Å². The van der Waals surface area contributed by atoms with Crippen molar-refractivity contribution in [2.24, 2.45) is 5.92 Å². The molecule has 0 radical (unpaired) electrons. The Hall–Kier alpha value is -5.10. The number of aromatic nitrogens is 4. The molecule has 69 heavy (non-hydrogen) atoms. The number of halogens is 6. The first-order valence-corrected chi connectivity index (χ1v) is 22.4. The Morgan fingerprint density at radius 3 is 1.62 bits per heavy atom. The summed E-state index contributed by atoms with van der Waals surface area (Å²) >= 11 is 22.5. The van der Waals surface area contributed by atoms with Crippen LogP contribution in [-0.4, -0.2) is 154 Å². The van der Waals surface area contributed by atoms with Gasteiger partial charge in [-0.3, -0.25) is 4.79 Å². The summed E-state index contributed by atoms with van der Waals surface area (Å²) < 4.78 is 59.1. The number of ether oxygens (including phenoxy) is 7. The molecular formula is C44H52Cl4F2N6O13. The maximum atomic E-state index is 12.8. The van der Waals surface area contributed by atoms with E-state index >= 15 is 0 Å². The molecule has 0 aliphatic carbocycles. The van der Waals surface area contributed by atoms with Crippen molar-refractivity contribution < 1.29 is 71.3 Å². The lowest BCUT2D eigenvalue weighted by Crippen LogP contribution is -2.34. The molecule has 4 aromatic rings. The zero-order chi connectivity index (χ0) is 50.9. The monoisotopic (exact) mass is 1050 g/mol. The minimum absolute atomic E-state index is 0.0526. The number of carbonyl (C=O) groups is 4. The minimum atomic E-state index is -0.838. The third-order valence-electron chi connectivity index (χ3n) is 9.32. The zero-order valence-corrected chi connectivity index (χ0v) is 41.0. The van der Waals surface area contributed by atoms with Gasteiger partial charge in [0.25, 0.3) is 12.4 Å². The lowest BCUT2D eigenvalue weighted by Gasteiger charge is -2.25. The molecule has 0 aromatic carbocycles. The molecule has 378 valence electrons. The summed E-state index contributed by atoms with van der Waals surface area (Å²) in [6.07, 6.45) is 2.33. The first-order chi connectivity index (χ1) is 33.0. The van der Waals surface area contributed by atoms with Crippen LogP contribution in [0.15, 0.2) is 48.5 Å². The number of rotatable bonds is 7. The highest BCUT2D eigenvalue weighted by Crippen LogP contribution is 2.25. The van der Waals surface area contributed by atoms with E-state index in [-0.39, 0.29) is 51.2 Å². The number of pyridine rings is 4. The second kappa shape index (κ2) is 31.2. The van der Waals surface area contributed by atoms with Gasteiger partial charge in [-0.1, -0.05) is 53.3 Å². The molecule has 7 rings (SSSR count). The molecule has 3 aliphatic heterocycles. The maximum absolute atomic E-state index is 12.8. The van der Waals surface area contributed by atoms with Gasteiger partial charge in [-0.25, -0.2) is 38.1 Å². The highest BCUT2D eigenvalue weighted by atomic mass is 35.5. The first-order valence-electron chi connectivity index (χ1n) is 20.9. The number of methoxy groups -OCH3 is 3. The fraction of sp³-hybridized carbons (Fsp3) is 0.455. The predicted molar refractivity (Wildman–Crippen MR) is 250 cm³/mol. The first kappa shape index (κ1) is 58.2. The summed E-state index contributed by atoms with van der Waals surface area (Å²) in [5.41, 5.74) is 1.33. The topological polar surface area (TPSA) is 231 Å². The molecular weight excluding hydrogens is 1000 g/mol.